The summed E-state index contributed by atoms with van der Waals surface area (Å²) >= 11 is 1.55. The third-order valence-electron chi connectivity index (χ3n) is 1.97. The molecule has 0 saturated heterocycles. The van der Waals surface area contributed by atoms with Crippen LogP contribution in [0.5, 0.6) is 0 Å². The van der Waals surface area contributed by atoms with Gasteiger partial charge < -0.3 is 5.32 Å². The summed E-state index contributed by atoms with van der Waals surface area (Å²) in [6, 6.07) is 3.51. The maximum Gasteiger partial charge on any atom is 0.230 e. The van der Waals surface area contributed by atoms with Crippen LogP contribution in [0.2, 0.25) is 0 Å². The Kier molecular flexibility index (Phi) is 3.26. The van der Waals surface area contributed by atoms with E-state index >= 15 is 0 Å². The van der Waals surface area contributed by atoms with Gasteiger partial charge in [0.2, 0.25) is 5.91 Å². The zero-order chi connectivity index (χ0) is 11.4. The summed E-state index contributed by atoms with van der Waals surface area (Å²) in [4.78, 5) is 19.7. The number of anilines is 1. The Balaban J connectivity index is 1.95. The highest BCUT2D eigenvalue weighted by Crippen LogP contribution is 2.10. The van der Waals surface area contributed by atoms with E-state index < -0.39 is 0 Å². The predicted octanol–water partition coefficient (Wildman–Crippen LogP) is 2.03. The molecule has 1 N–H and O–H groups in total. The molecule has 0 bridgehead atoms. The zero-order valence-electron chi connectivity index (χ0n) is 8.80. The van der Waals surface area contributed by atoms with Crippen molar-refractivity contribution in [2.75, 3.05) is 5.32 Å². The lowest BCUT2D eigenvalue weighted by atomic mass is 10.3. The highest BCUT2D eigenvalue weighted by atomic mass is 32.1. The Bertz CT molecular complexity index is 481. The van der Waals surface area contributed by atoms with Gasteiger partial charge in [0.15, 0.2) is 0 Å². The number of carbonyl (C=O) groups is 1. The molecule has 1 amide bonds. The van der Waals surface area contributed by atoms with Crippen molar-refractivity contribution >= 4 is 22.9 Å². The number of carbonyl (C=O) groups excluding carboxylic acids is 1. The topological polar surface area (TPSA) is 54.9 Å². The van der Waals surface area contributed by atoms with E-state index in [0.29, 0.717) is 6.42 Å². The predicted molar refractivity (Wildman–Crippen MR) is 63.4 cm³/mol. The standard InChI is InChI=1S/C11H11N3OS/c1-8-13-10(7-16-8)6-11(15)14-9-2-4-12-5-3-9/h2-5,7H,6H2,1H3,(H,12,14,15). The lowest BCUT2D eigenvalue weighted by Gasteiger charge is -2.02. The lowest BCUT2D eigenvalue weighted by molar-refractivity contribution is -0.115. The first-order valence-electron chi connectivity index (χ1n) is 4.85. The van der Waals surface area contributed by atoms with Crippen molar-refractivity contribution in [3.05, 3.63) is 40.6 Å². The maximum atomic E-state index is 11.6. The molecule has 0 unspecified atom stereocenters. The minimum absolute atomic E-state index is 0.0588. The normalized spacial score (nSPS) is 10.1. The van der Waals surface area contributed by atoms with Crippen LogP contribution >= 0.6 is 11.3 Å². The molecule has 0 spiro atoms. The number of nitrogens with zero attached hydrogens (tertiary/aromatic N) is 2. The number of nitrogens with one attached hydrogen (secondary N) is 1. The molecule has 5 heteroatoms. The van der Waals surface area contributed by atoms with Crippen LogP contribution in [0, 0.1) is 6.92 Å². The van der Waals surface area contributed by atoms with Gasteiger partial charge in [-0.15, -0.1) is 11.3 Å². The fourth-order valence-electron chi connectivity index (χ4n) is 1.29. The summed E-state index contributed by atoms with van der Waals surface area (Å²) < 4.78 is 0. The third-order valence-corrected chi connectivity index (χ3v) is 2.79. The summed E-state index contributed by atoms with van der Waals surface area (Å²) in [5, 5.41) is 5.67. The molecule has 82 valence electrons. The van der Waals surface area contributed by atoms with Crippen molar-refractivity contribution in [1.29, 1.82) is 0 Å². The highest BCUT2D eigenvalue weighted by molar-refractivity contribution is 7.09. The quantitative estimate of drug-likeness (QED) is 0.882. The van der Waals surface area contributed by atoms with E-state index in [9.17, 15) is 4.79 Å². The van der Waals surface area contributed by atoms with E-state index in [-0.39, 0.29) is 5.91 Å². The first kappa shape index (κ1) is 10.8. The second-order valence-corrected chi connectivity index (χ2v) is 4.38. The van der Waals surface area contributed by atoms with E-state index in [1.807, 2.05) is 12.3 Å². The summed E-state index contributed by atoms with van der Waals surface area (Å²) in [7, 11) is 0. The van der Waals surface area contributed by atoms with Gasteiger partial charge in [-0.1, -0.05) is 0 Å². The Morgan fingerprint density at radius 1 is 1.44 bits per heavy atom. The highest BCUT2D eigenvalue weighted by Gasteiger charge is 2.06. The summed E-state index contributed by atoms with van der Waals surface area (Å²) in [6.07, 6.45) is 3.60. The average molecular weight is 233 g/mol. The van der Waals surface area contributed by atoms with Crippen LogP contribution in [-0.2, 0) is 11.2 Å². The molecule has 0 aliphatic heterocycles. The SMILES string of the molecule is Cc1nc(CC(=O)Nc2ccncc2)cs1. The smallest absolute Gasteiger partial charge is 0.230 e. The maximum absolute atomic E-state index is 11.6. The van der Waals surface area contributed by atoms with Crippen LogP contribution in [0.15, 0.2) is 29.9 Å². The molecule has 0 fully saturated rings. The molecule has 0 radical (unpaired) electrons. The molecule has 2 heterocycles. The van der Waals surface area contributed by atoms with Crippen LogP contribution in [0.4, 0.5) is 5.69 Å². The number of aryl methyl sites for hydroxylation is 1. The molecular formula is C11H11N3OS. The Labute approximate surface area is 97.4 Å². The van der Waals surface area contributed by atoms with E-state index in [1.165, 1.54) is 0 Å². The van der Waals surface area contributed by atoms with Gasteiger partial charge in [-0.2, -0.15) is 0 Å². The van der Waals surface area contributed by atoms with E-state index in [0.717, 1.165) is 16.4 Å². The summed E-state index contributed by atoms with van der Waals surface area (Å²) in [5.41, 5.74) is 1.57. The molecule has 4 nitrogen and oxygen atoms in total. The van der Waals surface area contributed by atoms with Crippen LogP contribution < -0.4 is 5.32 Å². The average Bonchev–Trinajstić information content (AvgIpc) is 2.65. The van der Waals surface area contributed by atoms with Crippen molar-refractivity contribution < 1.29 is 4.79 Å². The van der Waals surface area contributed by atoms with Gasteiger partial charge in [0.25, 0.3) is 0 Å². The number of hydrogen-bond donors (Lipinski definition) is 1. The molecule has 2 aromatic rings. The van der Waals surface area contributed by atoms with Crippen LogP contribution in [0.1, 0.15) is 10.7 Å². The number of thiazole rings is 1. The van der Waals surface area contributed by atoms with Gasteiger partial charge in [0, 0.05) is 23.5 Å². The molecule has 0 aromatic carbocycles. The molecule has 2 aromatic heterocycles. The first-order valence-corrected chi connectivity index (χ1v) is 5.73. The van der Waals surface area contributed by atoms with Gasteiger partial charge in [-0.05, 0) is 19.1 Å². The van der Waals surface area contributed by atoms with Crippen molar-refractivity contribution in [1.82, 2.24) is 9.97 Å². The van der Waals surface area contributed by atoms with Crippen LogP contribution in [0.3, 0.4) is 0 Å². The number of rotatable bonds is 3. The fourth-order valence-corrected chi connectivity index (χ4v) is 1.91. The molecule has 0 aliphatic carbocycles. The Morgan fingerprint density at radius 2 is 2.19 bits per heavy atom. The minimum atomic E-state index is -0.0588. The monoisotopic (exact) mass is 233 g/mol. The molecule has 0 saturated carbocycles. The van der Waals surface area contributed by atoms with Gasteiger partial charge in [-0.25, -0.2) is 4.98 Å². The van der Waals surface area contributed by atoms with Gasteiger partial charge in [0.1, 0.15) is 0 Å². The minimum Gasteiger partial charge on any atom is -0.326 e. The summed E-state index contributed by atoms with van der Waals surface area (Å²) in [6.45, 7) is 1.93. The van der Waals surface area contributed by atoms with E-state index in [2.05, 4.69) is 15.3 Å². The van der Waals surface area contributed by atoms with Gasteiger partial charge >= 0.3 is 0 Å². The van der Waals surface area contributed by atoms with Crippen molar-refractivity contribution in [2.24, 2.45) is 0 Å². The van der Waals surface area contributed by atoms with Crippen molar-refractivity contribution in [3.8, 4) is 0 Å². The third kappa shape index (κ3) is 2.87. The Morgan fingerprint density at radius 3 is 2.81 bits per heavy atom. The first-order chi connectivity index (χ1) is 7.74. The largest absolute Gasteiger partial charge is 0.326 e. The number of aromatic nitrogens is 2. The number of amides is 1. The second-order valence-electron chi connectivity index (χ2n) is 3.32. The molecule has 0 atom stereocenters. The summed E-state index contributed by atoms with van der Waals surface area (Å²) in [5.74, 6) is -0.0588. The van der Waals surface area contributed by atoms with E-state index in [4.69, 9.17) is 0 Å². The van der Waals surface area contributed by atoms with Gasteiger partial charge in [-0.3, -0.25) is 9.78 Å². The number of pyridine rings is 1. The molecule has 2 rings (SSSR count). The molecular weight excluding hydrogens is 222 g/mol. The molecule has 0 aliphatic rings. The van der Waals surface area contributed by atoms with E-state index in [1.54, 1.807) is 35.9 Å². The lowest BCUT2D eigenvalue weighted by Crippen LogP contribution is -2.14. The van der Waals surface area contributed by atoms with Gasteiger partial charge in [0.05, 0.1) is 17.1 Å². The number of hydrogen-bond acceptors (Lipinski definition) is 4. The second kappa shape index (κ2) is 4.85. The van der Waals surface area contributed by atoms with Crippen molar-refractivity contribution in [3.63, 3.8) is 0 Å². The zero-order valence-corrected chi connectivity index (χ0v) is 9.62. The fraction of sp³-hybridized carbons (Fsp3) is 0.182. The Hall–Kier alpha value is -1.75. The van der Waals surface area contributed by atoms with Crippen LogP contribution in [-0.4, -0.2) is 15.9 Å². The van der Waals surface area contributed by atoms with Crippen molar-refractivity contribution in [2.45, 2.75) is 13.3 Å². The molecule has 16 heavy (non-hydrogen) atoms. The van der Waals surface area contributed by atoms with Crippen LogP contribution in [0.25, 0.3) is 0 Å².